The van der Waals surface area contributed by atoms with Crippen LogP contribution in [0.15, 0.2) is 36.4 Å². The number of hydrogen-bond acceptors (Lipinski definition) is 4. The van der Waals surface area contributed by atoms with Gasteiger partial charge < -0.3 is 15.8 Å². The number of carbonyl (C=O) groups is 1. The fraction of sp³-hybridized carbons (Fsp3) is 0.188. The number of esters is 1. The number of rotatable bonds is 3. The van der Waals surface area contributed by atoms with E-state index in [0.29, 0.717) is 16.9 Å². The molecule has 0 unspecified atom stereocenters. The molecule has 0 spiro atoms. The van der Waals surface area contributed by atoms with E-state index in [9.17, 15) is 4.79 Å². The van der Waals surface area contributed by atoms with E-state index >= 15 is 0 Å². The highest BCUT2D eigenvalue weighted by Crippen LogP contribution is 2.26. The lowest BCUT2D eigenvalue weighted by Crippen LogP contribution is -2.04. The summed E-state index contributed by atoms with van der Waals surface area (Å²) >= 11 is 0. The second-order valence-electron chi connectivity index (χ2n) is 4.79. The molecule has 0 bridgehead atoms. The molecule has 0 aliphatic heterocycles. The molecule has 20 heavy (non-hydrogen) atoms. The summed E-state index contributed by atoms with van der Waals surface area (Å²) in [6.45, 7) is 4.07. The van der Waals surface area contributed by atoms with Crippen molar-refractivity contribution in [2.75, 3.05) is 18.2 Å². The Morgan fingerprint density at radius 1 is 1.10 bits per heavy atom. The van der Waals surface area contributed by atoms with Crippen molar-refractivity contribution in [2.24, 2.45) is 0 Å². The van der Waals surface area contributed by atoms with Crippen LogP contribution >= 0.6 is 0 Å². The number of aryl methyl sites for hydroxylation is 2. The Morgan fingerprint density at radius 2 is 1.75 bits per heavy atom. The molecule has 0 aliphatic carbocycles. The van der Waals surface area contributed by atoms with Crippen LogP contribution in [0.4, 0.5) is 17.1 Å². The molecule has 2 aromatic rings. The average molecular weight is 270 g/mol. The first-order chi connectivity index (χ1) is 9.49. The molecule has 104 valence electrons. The zero-order chi connectivity index (χ0) is 14.7. The molecule has 0 fully saturated rings. The van der Waals surface area contributed by atoms with Gasteiger partial charge in [0.15, 0.2) is 0 Å². The third kappa shape index (κ3) is 3.09. The summed E-state index contributed by atoms with van der Waals surface area (Å²) in [5.41, 5.74) is 10.9. The summed E-state index contributed by atoms with van der Waals surface area (Å²) < 4.78 is 4.71. The van der Waals surface area contributed by atoms with Crippen molar-refractivity contribution >= 4 is 23.0 Å². The van der Waals surface area contributed by atoms with Gasteiger partial charge in [-0.05, 0) is 55.3 Å². The Bertz CT molecular complexity index is 631. The molecule has 2 rings (SSSR count). The topological polar surface area (TPSA) is 64.3 Å². The number of nitrogens with one attached hydrogen (secondary N) is 1. The molecule has 0 atom stereocenters. The molecule has 4 heteroatoms. The van der Waals surface area contributed by atoms with E-state index in [1.54, 1.807) is 18.2 Å². The molecule has 0 aromatic heterocycles. The Kier molecular flexibility index (Phi) is 3.94. The Hall–Kier alpha value is -2.49. The first-order valence-corrected chi connectivity index (χ1v) is 6.33. The maximum Gasteiger partial charge on any atom is 0.337 e. The van der Waals surface area contributed by atoms with E-state index in [-0.39, 0.29) is 5.97 Å². The summed E-state index contributed by atoms with van der Waals surface area (Å²) in [4.78, 5) is 11.5. The fourth-order valence-electron chi connectivity index (χ4n) is 2.11. The van der Waals surface area contributed by atoms with Gasteiger partial charge in [0.05, 0.1) is 24.0 Å². The van der Waals surface area contributed by atoms with Crippen LogP contribution in [0.5, 0.6) is 0 Å². The molecule has 0 saturated carbocycles. The van der Waals surface area contributed by atoms with Crippen LogP contribution < -0.4 is 11.1 Å². The summed E-state index contributed by atoms with van der Waals surface area (Å²) in [6, 6.07) is 11.2. The third-order valence-corrected chi connectivity index (χ3v) is 2.98. The smallest absolute Gasteiger partial charge is 0.337 e. The van der Waals surface area contributed by atoms with Gasteiger partial charge in [0.1, 0.15) is 0 Å². The Labute approximate surface area is 118 Å². The second kappa shape index (κ2) is 5.65. The molecule has 0 aliphatic rings. The monoisotopic (exact) mass is 270 g/mol. The average Bonchev–Trinajstić information content (AvgIpc) is 2.39. The highest BCUT2D eigenvalue weighted by Gasteiger charge is 2.09. The van der Waals surface area contributed by atoms with Crippen molar-refractivity contribution in [3.8, 4) is 0 Å². The maximum atomic E-state index is 11.5. The van der Waals surface area contributed by atoms with Crippen molar-refractivity contribution in [3.05, 3.63) is 53.1 Å². The molecule has 3 N–H and O–H groups in total. The Balaban J connectivity index is 2.34. The van der Waals surface area contributed by atoms with Gasteiger partial charge in [-0.3, -0.25) is 0 Å². The van der Waals surface area contributed by atoms with Gasteiger partial charge in [-0.25, -0.2) is 4.79 Å². The van der Waals surface area contributed by atoms with Crippen molar-refractivity contribution in [1.82, 2.24) is 0 Å². The van der Waals surface area contributed by atoms with Crippen molar-refractivity contribution in [2.45, 2.75) is 13.8 Å². The highest BCUT2D eigenvalue weighted by molar-refractivity contribution is 5.92. The van der Waals surface area contributed by atoms with Gasteiger partial charge in [0.25, 0.3) is 0 Å². The van der Waals surface area contributed by atoms with Crippen LogP contribution in [0.3, 0.4) is 0 Å². The third-order valence-electron chi connectivity index (χ3n) is 2.98. The zero-order valence-electron chi connectivity index (χ0n) is 11.9. The van der Waals surface area contributed by atoms with Crippen LogP contribution in [-0.2, 0) is 4.74 Å². The maximum absolute atomic E-state index is 11.5. The quantitative estimate of drug-likeness (QED) is 0.662. The number of carbonyl (C=O) groups excluding carboxylic acids is 1. The minimum atomic E-state index is -0.381. The lowest BCUT2D eigenvalue weighted by molar-refractivity contribution is 0.0601. The van der Waals surface area contributed by atoms with Crippen molar-refractivity contribution in [1.29, 1.82) is 0 Å². The highest BCUT2D eigenvalue weighted by atomic mass is 16.5. The van der Waals surface area contributed by atoms with Gasteiger partial charge in [0.2, 0.25) is 0 Å². The van der Waals surface area contributed by atoms with Crippen LogP contribution in [0.2, 0.25) is 0 Å². The molecular weight excluding hydrogens is 252 g/mol. The molecule has 0 heterocycles. The predicted molar refractivity (Wildman–Crippen MR) is 81.4 cm³/mol. The van der Waals surface area contributed by atoms with Crippen LogP contribution in [0.1, 0.15) is 21.5 Å². The van der Waals surface area contributed by atoms with Gasteiger partial charge in [0, 0.05) is 5.69 Å². The normalized spacial score (nSPS) is 10.2. The number of benzene rings is 2. The van der Waals surface area contributed by atoms with Gasteiger partial charge in [-0.15, -0.1) is 0 Å². The minimum Gasteiger partial charge on any atom is -0.465 e. The first kappa shape index (κ1) is 13.9. The molecular formula is C16H18N2O2. The number of anilines is 3. The van der Waals surface area contributed by atoms with E-state index in [2.05, 4.69) is 11.4 Å². The number of methoxy groups -OCH3 is 1. The number of nitrogen functional groups attached to an aromatic ring is 1. The van der Waals surface area contributed by atoms with E-state index < -0.39 is 0 Å². The van der Waals surface area contributed by atoms with E-state index in [0.717, 1.165) is 16.8 Å². The molecule has 0 radical (unpaired) electrons. The summed E-state index contributed by atoms with van der Waals surface area (Å²) in [6.07, 6.45) is 0. The van der Waals surface area contributed by atoms with Crippen LogP contribution in [0, 0.1) is 13.8 Å². The summed E-state index contributed by atoms with van der Waals surface area (Å²) in [7, 11) is 1.36. The van der Waals surface area contributed by atoms with Crippen molar-refractivity contribution < 1.29 is 9.53 Å². The largest absolute Gasteiger partial charge is 0.465 e. The molecule has 4 nitrogen and oxygen atoms in total. The lowest BCUT2D eigenvalue weighted by Gasteiger charge is -2.12. The lowest BCUT2D eigenvalue weighted by atomic mass is 10.1. The van der Waals surface area contributed by atoms with E-state index in [1.807, 2.05) is 26.0 Å². The molecule has 0 amide bonds. The molecule has 2 aromatic carbocycles. The minimum absolute atomic E-state index is 0.381. The van der Waals surface area contributed by atoms with E-state index in [1.165, 1.54) is 7.11 Å². The summed E-state index contributed by atoms with van der Waals surface area (Å²) in [5, 5.41) is 3.24. The number of ether oxygens (including phenoxy) is 1. The van der Waals surface area contributed by atoms with Crippen LogP contribution in [-0.4, -0.2) is 13.1 Å². The Morgan fingerprint density at radius 3 is 2.35 bits per heavy atom. The number of nitrogens with two attached hydrogens (primary N) is 1. The second-order valence-corrected chi connectivity index (χ2v) is 4.79. The van der Waals surface area contributed by atoms with E-state index in [4.69, 9.17) is 10.5 Å². The van der Waals surface area contributed by atoms with Crippen LogP contribution in [0.25, 0.3) is 0 Å². The van der Waals surface area contributed by atoms with Gasteiger partial charge in [-0.1, -0.05) is 6.07 Å². The van der Waals surface area contributed by atoms with Gasteiger partial charge in [-0.2, -0.15) is 0 Å². The number of hydrogen-bond donors (Lipinski definition) is 2. The first-order valence-electron chi connectivity index (χ1n) is 6.33. The molecule has 0 saturated heterocycles. The van der Waals surface area contributed by atoms with Crippen molar-refractivity contribution in [3.63, 3.8) is 0 Å². The SMILES string of the molecule is COC(=O)c1ccc(N)c(Nc2cc(C)cc(C)c2)c1. The fourth-order valence-corrected chi connectivity index (χ4v) is 2.11. The predicted octanol–water partition coefficient (Wildman–Crippen LogP) is 3.42. The summed E-state index contributed by atoms with van der Waals surface area (Å²) in [5.74, 6) is -0.381. The van der Waals surface area contributed by atoms with Gasteiger partial charge >= 0.3 is 5.97 Å². The standard InChI is InChI=1S/C16H18N2O2/c1-10-6-11(2)8-13(7-10)18-15-9-12(16(19)20-3)4-5-14(15)17/h4-9,18H,17H2,1-3H3. The zero-order valence-corrected chi connectivity index (χ0v) is 11.9.